The first-order chi connectivity index (χ1) is 14.0. The summed E-state index contributed by atoms with van der Waals surface area (Å²) in [5.74, 6) is -0.629. The van der Waals surface area contributed by atoms with Crippen LogP contribution in [0, 0.1) is 17.2 Å². The van der Waals surface area contributed by atoms with Gasteiger partial charge < -0.3 is 10.1 Å². The van der Waals surface area contributed by atoms with Gasteiger partial charge >= 0.3 is 12.0 Å². The van der Waals surface area contributed by atoms with Crippen molar-refractivity contribution in [2.45, 2.75) is 13.3 Å². The maximum atomic E-state index is 12.7. The highest BCUT2D eigenvalue weighted by Gasteiger charge is 2.33. The molecule has 29 heavy (non-hydrogen) atoms. The normalized spacial score (nSPS) is 15.4. The van der Waals surface area contributed by atoms with Crippen LogP contribution in [0.1, 0.15) is 24.5 Å². The van der Waals surface area contributed by atoms with Crippen LogP contribution < -0.4 is 5.32 Å². The molecule has 148 valence electrons. The van der Waals surface area contributed by atoms with Gasteiger partial charge in [0, 0.05) is 16.6 Å². The first kappa shape index (κ1) is 20.4. The van der Waals surface area contributed by atoms with Crippen molar-refractivity contribution in [2.24, 2.45) is 11.0 Å². The Morgan fingerprint density at radius 1 is 1.24 bits per heavy atom. The molecule has 0 fully saturated rings. The summed E-state index contributed by atoms with van der Waals surface area (Å²) in [5.41, 5.74) is 2.47. The molecule has 1 aliphatic rings. The van der Waals surface area contributed by atoms with Crippen molar-refractivity contribution in [3.63, 3.8) is 0 Å². The number of amides is 2. The Kier molecular flexibility index (Phi) is 6.47. The maximum absolute atomic E-state index is 12.7. The second kappa shape index (κ2) is 9.22. The number of nitrogens with one attached hydrogen (secondary N) is 1. The number of hydrogen-bond donors (Lipinski definition) is 1. The summed E-state index contributed by atoms with van der Waals surface area (Å²) in [4.78, 5) is 24.7. The van der Waals surface area contributed by atoms with Crippen LogP contribution in [0.5, 0.6) is 0 Å². The summed E-state index contributed by atoms with van der Waals surface area (Å²) in [6, 6.07) is 15.2. The van der Waals surface area contributed by atoms with Crippen LogP contribution in [0.2, 0.25) is 5.02 Å². The number of urea groups is 1. The molecule has 1 heterocycles. The number of carbonyl (C=O) groups is 2. The third-order valence-electron chi connectivity index (χ3n) is 4.37. The Hall–Kier alpha value is -3.37. The lowest BCUT2D eigenvalue weighted by Crippen LogP contribution is -2.31. The Labute approximate surface area is 173 Å². The minimum absolute atomic E-state index is 0.121. The van der Waals surface area contributed by atoms with E-state index in [0.717, 1.165) is 5.56 Å². The fraction of sp³-hybridized carbons (Fsp3) is 0.238. The van der Waals surface area contributed by atoms with Crippen LogP contribution in [-0.2, 0) is 9.53 Å². The lowest BCUT2D eigenvalue weighted by atomic mass is 9.94. The minimum atomic E-state index is -0.424. The standard InChI is InChI=1S/C21H19ClN4O3/c1-2-29-19(27)11-16-13-26(25-20(16)15-5-7-17(22)8-6-15)21(28)24-18-9-3-14(12-23)4-10-18/h3-10,16H,2,11,13H2,1H3,(H,24,28). The molecule has 0 radical (unpaired) electrons. The van der Waals surface area contributed by atoms with E-state index in [9.17, 15) is 9.59 Å². The molecule has 3 rings (SSSR count). The third kappa shape index (κ3) is 5.12. The summed E-state index contributed by atoms with van der Waals surface area (Å²) in [5, 5.41) is 17.9. The highest BCUT2D eigenvalue weighted by Crippen LogP contribution is 2.25. The van der Waals surface area contributed by atoms with Crippen molar-refractivity contribution in [1.29, 1.82) is 5.26 Å². The fourth-order valence-corrected chi connectivity index (χ4v) is 3.11. The molecular weight excluding hydrogens is 392 g/mol. The zero-order valence-electron chi connectivity index (χ0n) is 15.8. The molecule has 2 amide bonds. The van der Waals surface area contributed by atoms with E-state index in [1.807, 2.05) is 6.07 Å². The van der Waals surface area contributed by atoms with Crippen LogP contribution in [0.25, 0.3) is 0 Å². The second-order valence-electron chi connectivity index (χ2n) is 6.40. The monoisotopic (exact) mass is 410 g/mol. The van der Waals surface area contributed by atoms with E-state index >= 15 is 0 Å². The van der Waals surface area contributed by atoms with Crippen molar-refractivity contribution in [3.8, 4) is 6.07 Å². The van der Waals surface area contributed by atoms with E-state index in [4.69, 9.17) is 21.6 Å². The van der Waals surface area contributed by atoms with Gasteiger partial charge in [0.2, 0.25) is 0 Å². The van der Waals surface area contributed by atoms with Gasteiger partial charge in [-0.3, -0.25) is 4.79 Å². The summed E-state index contributed by atoms with van der Waals surface area (Å²) in [6.45, 7) is 2.29. The average molecular weight is 411 g/mol. The number of nitriles is 1. The molecule has 0 saturated carbocycles. The molecule has 1 N–H and O–H groups in total. The third-order valence-corrected chi connectivity index (χ3v) is 4.62. The Balaban J connectivity index is 1.79. The molecule has 0 bridgehead atoms. The molecule has 0 aliphatic carbocycles. The largest absolute Gasteiger partial charge is 0.466 e. The molecule has 7 nitrogen and oxygen atoms in total. The lowest BCUT2D eigenvalue weighted by molar-refractivity contribution is -0.143. The van der Waals surface area contributed by atoms with E-state index in [1.54, 1.807) is 55.5 Å². The molecule has 0 saturated heterocycles. The van der Waals surface area contributed by atoms with Gasteiger partial charge in [0.25, 0.3) is 0 Å². The van der Waals surface area contributed by atoms with Gasteiger partial charge in [0.15, 0.2) is 0 Å². The van der Waals surface area contributed by atoms with Crippen LogP contribution in [0.15, 0.2) is 53.6 Å². The predicted molar refractivity (Wildman–Crippen MR) is 110 cm³/mol. The number of hydrogen-bond acceptors (Lipinski definition) is 5. The molecule has 1 unspecified atom stereocenters. The first-order valence-electron chi connectivity index (χ1n) is 9.09. The van der Waals surface area contributed by atoms with Gasteiger partial charge in [0.05, 0.1) is 36.9 Å². The van der Waals surface area contributed by atoms with E-state index in [0.29, 0.717) is 28.6 Å². The van der Waals surface area contributed by atoms with Crippen LogP contribution >= 0.6 is 11.6 Å². The van der Waals surface area contributed by atoms with Crippen molar-refractivity contribution in [2.75, 3.05) is 18.5 Å². The van der Waals surface area contributed by atoms with Gasteiger partial charge in [-0.15, -0.1) is 0 Å². The predicted octanol–water partition coefficient (Wildman–Crippen LogP) is 4.03. The number of nitrogens with zero attached hydrogens (tertiary/aromatic N) is 3. The Morgan fingerprint density at radius 3 is 2.55 bits per heavy atom. The van der Waals surface area contributed by atoms with Gasteiger partial charge in [-0.25, -0.2) is 9.80 Å². The Bertz CT molecular complexity index is 965. The van der Waals surface area contributed by atoms with Gasteiger partial charge in [0.1, 0.15) is 0 Å². The summed E-state index contributed by atoms with van der Waals surface area (Å²) in [7, 11) is 0. The fourth-order valence-electron chi connectivity index (χ4n) is 2.99. The minimum Gasteiger partial charge on any atom is -0.466 e. The summed E-state index contributed by atoms with van der Waals surface area (Å²) in [6.07, 6.45) is 0.121. The molecule has 2 aromatic carbocycles. The number of ether oxygens (including phenoxy) is 1. The summed E-state index contributed by atoms with van der Waals surface area (Å²) >= 11 is 5.96. The van der Waals surface area contributed by atoms with E-state index < -0.39 is 6.03 Å². The van der Waals surface area contributed by atoms with Gasteiger partial charge in [-0.2, -0.15) is 10.4 Å². The topological polar surface area (TPSA) is 94.8 Å². The molecular formula is C21H19ClN4O3. The number of hydrazone groups is 1. The highest BCUT2D eigenvalue weighted by atomic mass is 35.5. The van der Waals surface area contributed by atoms with E-state index in [1.165, 1.54) is 5.01 Å². The smallest absolute Gasteiger partial charge is 0.342 e. The van der Waals surface area contributed by atoms with Crippen molar-refractivity contribution < 1.29 is 14.3 Å². The molecule has 8 heteroatoms. The highest BCUT2D eigenvalue weighted by molar-refractivity contribution is 6.30. The second-order valence-corrected chi connectivity index (χ2v) is 6.84. The molecule has 2 aromatic rings. The maximum Gasteiger partial charge on any atom is 0.342 e. The lowest BCUT2D eigenvalue weighted by Gasteiger charge is -2.15. The number of carbonyl (C=O) groups excluding carboxylic acids is 2. The molecule has 1 aliphatic heterocycles. The van der Waals surface area contributed by atoms with Crippen molar-refractivity contribution in [3.05, 3.63) is 64.7 Å². The Morgan fingerprint density at radius 2 is 1.93 bits per heavy atom. The quantitative estimate of drug-likeness (QED) is 0.752. The zero-order chi connectivity index (χ0) is 20.8. The van der Waals surface area contributed by atoms with Gasteiger partial charge in [-0.1, -0.05) is 23.7 Å². The van der Waals surface area contributed by atoms with Crippen LogP contribution in [0.3, 0.4) is 0 Å². The molecule has 0 spiro atoms. The van der Waals surface area contributed by atoms with E-state index in [2.05, 4.69) is 10.4 Å². The summed E-state index contributed by atoms with van der Waals surface area (Å²) < 4.78 is 5.06. The number of esters is 1. The molecule has 1 atom stereocenters. The van der Waals surface area contributed by atoms with E-state index in [-0.39, 0.29) is 24.9 Å². The SMILES string of the molecule is CCOC(=O)CC1CN(C(=O)Nc2ccc(C#N)cc2)N=C1c1ccc(Cl)cc1. The number of rotatable bonds is 5. The van der Waals surface area contributed by atoms with Crippen LogP contribution in [0.4, 0.5) is 10.5 Å². The number of halogens is 1. The van der Waals surface area contributed by atoms with Crippen LogP contribution in [-0.4, -0.2) is 35.9 Å². The molecule has 0 aromatic heterocycles. The van der Waals surface area contributed by atoms with Crippen molar-refractivity contribution in [1.82, 2.24) is 5.01 Å². The number of anilines is 1. The first-order valence-corrected chi connectivity index (χ1v) is 9.46. The number of benzene rings is 2. The average Bonchev–Trinajstić information content (AvgIpc) is 3.13. The zero-order valence-corrected chi connectivity index (χ0v) is 16.5. The van der Waals surface area contributed by atoms with Crippen molar-refractivity contribution >= 4 is 35.0 Å². The van der Waals surface area contributed by atoms with Gasteiger partial charge in [-0.05, 0) is 48.9 Å².